The molecule has 1 amide bonds. The van der Waals surface area contributed by atoms with Gasteiger partial charge in [-0.3, -0.25) is 4.79 Å². The Morgan fingerprint density at radius 1 is 1.19 bits per heavy atom. The minimum absolute atomic E-state index is 0.191. The minimum atomic E-state index is -1.16. The van der Waals surface area contributed by atoms with Gasteiger partial charge in [0.25, 0.3) is 5.91 Å². The number of carbonyl (C=O) groups excluding carboxylic acids is 1. The van der Waals surface area contributed by atoms with Crippen LogP contribution in [0, 0.1) is 6.92 Å². The molecular weight excluding hydrogens is 346 g/mol. The number of nitrogens with zero attached hydrogens (tertiary/aromatic N) is 1. The number of benzene rings is 2. The second kappa shape index (κ2) is 6.25. The number of fused-ring (bicyclic) bond motifs is 1. The van der Waals surface area contributed by atoms with E-state index in [1.54, 1.807) is 0 Å². The molecule has 1 fully saturated rings. The Labute approximate surface area is 155 Å². The Bertz CT molecular complexity index is 1010. The molecule has 1 N–H and O–H groups in total. The van der Waals surface area contributed by atoms with Crippen LogP contribution in [0.25, 0.3) is 10.1 Å². The van der Waals surface area contributed by atoms with Crippen LogP contribution in [0.5, 0.6) is 0 Å². The highest BCUT2D eigenvalue weighted by molar-refractivity contribution is 7.17. The van der Waals surface area contributed by atoms with E-state index >= 15 is 0 Å². The van der Waals surface area contributed by atoms with Gasteiger partial charge in [0, 0.05) is 28.4 Å². The molecular formula is C21H19NO3S. The monoisotopic (exact) mass is 365 g/mol. The lowest BCUT2D eigenvalue weighted by Crippen LogP contribution is -2.67. The van der Waals surface area contributed by atoms with Crippen LogP contribution < -0.4 is 0 Å². The van der Waals surface area contributed by atoms with Gasteiger partial charge < -0.3 is 10.0 Å². The number of aliphatic carboxylic acids is 1. The van der Waals surface area contributed by atoms with Gasteiger partial charge in [0.05, 0.1) is 5.56 Å². The van der Waals surface area contributed by atoms with E-state index in [9.17, 15) is 14.7 Å². The minimum Gasteiger partial charge on any atom is -0.479 e. The standard InChI is InChI=1S/C21H19NO3S/c1-14-5-4-6-15(11-14)12-21(20(24)25)9-10-22(21)19(23)17-13-26-18-8-3-2-7-16(17)18/h2-8,11,13H,9-10,12H2,1H3,(H,24,25). The van der Waals surface area contributed by atoms with Crippen molar-refractivity contribution in [1.29, 1.82) is 0 Å². The quantitative estimate of drug-likeness (QED) is 0.757. The van der Waals surface area contributed by atoms with E-state index < -0.39 is 11.5 Å². The fourth-order valence-electron chi connectivity index (χ4n) is 3.72. The molecule has 0 bridgehead atoms. The number of carboxylic acids is 1. The van der Waals surface area contributed by atoms with Crippen molar-refractivity contribution >= 4 is 33.3 Å². The van der Waals surface area contributed by atoms with Gasteiger partial charge in [-0.25, -0.2) is 4.79 Å². The fraction of sp³-hybridized carbons (Fsp3) is 0.238. The summed E-state index contributed by atoms with van der Waals surface area (Å²) in [6.45, 7) is 2.46. The van der Waals surface area contributed by atoms with Crippen molar-refractivity contribution in [3.05, 3.63) is 70.6 Å². The normalized spacial score (nSPS) is 19.3. The SMILES string of the molecule is Cc1cccc(CC2(C(=O)O)CCN2C(=O)c2csc3ccccc23)c1. The number of carboxylic acid groups (broad SMARTS) is 1. The highest BCUT2D eigenvalue weighted by Gasteiger charge is 2.53. The molecule has 2 heterocycles. The van der Waals surface area contributed by atoms with Crippen molar-refractivity contribution in [3.8, 4) is 0 Å². The van der Waals surface area contributed by atoms with Crippen LogP contribution in [0.1, 0.15) is 27.9 Å². The zero-order chi connectivity index (χ0) is 18.3. The maximum atomic E-state index is 13.1. The first-order chi connectivity index (χ1) is 12.5. The number of amides is 1. The van der Waals surface area contributed by atoms with Gasteiger partial charge in [-0.05, 0) is 25.0 Å². The number of rotatable bonds is 4. The summed E-state index contributed by atoms with van der Waals surface area (Å²) in [6, 6.07) is 15.6. The van der Waals surface area contributed by atoms with E-state index in [1.165, 1.54) is 16.2 Å². The van der Waals surface area contributed by atoms with Gasteiger partial charge >= 0.3 is 5.97 Å². The number of hydrogen-bond donors (Lipinski definition) is 1. The Morgan fingerprint density at radius 3 is 2.69 bits per heavy atom. The van der Waals surface area contributed by atoms with Crippen LogP contribution in [-0.4, -0.2) is 34.0 Å². The summed E-state index contributed by atoms with van der Waals surface area (Å²) in [7, 11) is 0. The third kappa shape index (κ3) is 2.59. The predicted molar refractivity (Wildman–Crippen MR) is 103 cm³/mol. The second-order valence-corrected chi connectivity index (χ2v) is 7.77. The Kier molecular flexibility index (Phi) is 4.04. The molecule has 132 valence electrons. The van der Waals surface area contributed by atoms with E-state index in [4.69, 9.17) is 0 Å². The lowest BCUT2D eigenvalue weighted by Gasteiger charge is -2.49. The lowest BCUT2D eigenvalue weighted by atomic mass is 9.78. The molecule has 4 nitrogen and oxygen atoms in total. The third-order valence-electron chi connectivity index (χ3n) is 5.20. The molecule has 3 aromatic rings. The van der Waals surface area contributed by atoms with E-state index in [2.05, 4.69) is 0 Å². The summed E-state index contributed by atoms with van der Waals surface area (Å²) < 4.78 is 1.04. The van der Waals surface area contributed by atoms with Crippen molar-refractivity contribution in [2.45, 2.75) is 25.3 Å². The highest BCUT2D eigenvalue weighted by Crippen LogP contribution is 2.38. The summed E-state index contributed by atoms with van der Waals surface area (Å²) in [5, 5.41) is 12.7. The van der Waals surface area contributed by atoms with Crippen LogP contribution in [0.2, 0.25) is 0 Å². The van der Waals surface area contributed by atoms with E-state index in [-0.39, 0.29) is 5.91 Å². The molecule has 1 aliphatic rings. The average Bonchev–Trinajstić information content (AvgIpc) is 3.02. The molecule has 1 unspecified atom stereocenters. The first-order valence-electron chi connectivity index (χ1n) is 8.58. The molecule has 2 aromatic carbocycles. The summed E-state index contributed by atoms with van der Waals surface area (Å²) in [4.78, 5) is 26.8. The number of thiophene rings is 1. The van der Waals surface area contributed by atoms with E-state index in [0.29, 0.717) is 24.9 Å². The Balaban J connectivity index is 1.69. The first-order valence-corrected chi connectivity index (χ1v) is 9.46. The maximum absolute atomic E-state index is 13.1. The highest BCUT2D eigenvalue weighted by atomic mass is 32.1. The van der Waals surface area contributed by atoms with Crippen molar-refractivity contribution in [3.63, 3.8) is 0 Å². The van der Waals surface area contributed by atoms with Gasteiger partial charge in [-0.15, -0.1) is 11.3 Å². The molecule has 0 aliphatic carbocycles. The summed E-state index contributed by atoms with van der Waals surface area (Å²) in [5.74, 6) is -1.12. The Morgan fingerprint density at radius 2 is 2.00 bits per heavy atom. The molecule has 4 rings (SSSR count). The van der Waals surface area contributed by atoms with Crippen LogP contribution in [0.4, 0.5) is 0 Å². The second-order valence-electron chi connectivity index (χ2n) is 6.85. The van der Waals surface area contributed by atoms with Crippen LogP contribution in [0.15, 0.2) is 53.9 Å². The number of carbonyl (C=O) groups is 2. The molecule has 1 saturated heterocycles. The zero-order valence-electron chi connectivity index (χ0n) is 14.4. The van der Waals surface area contributed by atoms with Gasteiger partial charge in [0.2, 0.25) is 0 Å². The third-order valence-corrected chi connectivity index (χ3v) is 6.16. The largest absolute Gasteiger partial charge is 0.479 e. The fourth-order valence-corrected chi connectivity index (χ4v) is 4.65. The smallest absolute Gasteiger partial charge is 0.330 e. The van der Waals surface area contributed by atoms with Gasteiger partial charge in [0.1, 0.15) is 5.54 Å². The molecule has 26 heavy (non-hydrogen) atoms. The maximum Gasteiger partial charge on any atom is 0.330 e. The van der Waals surface area contributed by atoms with Crippen molar-refractivity contribution in [1.82, 2.24) is 4.90 Å². The summed E-state index contributed by atoms with van der Waals surface area (Å²) >= 11 is 1.51. The molecule has 1 aliphatic heterocycles. The molecule has 0 spiro atoms. The number of likely N-dealkylation sites (tertiary alicyclic amines) is 1. The van der Waals surface area contributed by atoms with E-state index in [0.717, 1.165) is 21.2 Å². The predicted octanol–water partition coefficient (Wildman–Crippen LogP) is 4.12. The Hall–Kier alpha value is -2.66. The summed E-state index contributed by atoms with van der Waals surface area (Å²) in [6.07, 6.45) is 0.807. The lowest BCUT2D eigenvalue weighted by molar-refractivity contribution is -0.157. The summed E-state index contributed by atoms with van der Waals surface area (Å²) in [5.41, 5.74) is 1.47. The van der Waals surface area contributed by atoms with Crippen molar-refractivity contribution in [2.75, 3.05) is 6.54 Å². The molecule has 0 radical (unpaired) electrons. The van der Waals surface area contributed by atoms with Crippen LogP contribution in [0.3, 0.4) is 0 Å². The van der Waals surface area contributed by atoms with E-state index in [1.807, 2.05) is 60.8 Å². The zero-order valence-corrected chi connectivity index (χ0v) is 15.3. The molecule has 1 atom stereocenters. The number of aryl methyl sites for hydroxylation is 1. The first kappa shape index (κ1) is 16.8. The van der Waals surface area contributed by atoms with Gasteiger partial charge in [0.15, 0.2) is 0 Å². The van der Waals surface area contributed by atoms with Crippen LogP contribution in [-0.2, 0) is 11.2 Å². The van der Waals surface area contributed by atoms with Gasteiger partial charge in [-0.1, -0.05) is 48.0 Å². The topological polar surface area (TPSA) is 57.6 Å². The van der Waals surface area contributed by atoms with Crippen molar-refractivity contribution < 1.29 is 14.7 Å². The molecule has 0 saturated carbocycles. The van der Waals surface area contributed by atoms with Crippen molar-refractivity contribution in [2.24, 2.45) is 0 Å². The van der Waals surface area contributed by atoms with Gasteiger partial charge in [-0.2, -0.15) is 0 Å². The van der Waals surface area contributed by atoms with Crippen LogP contribution >= 0.6 is 11.3 Å². The average molecular weight is 365 g/mol. The number of hydrogen-bond acceptors (Lipinski definition) is 3. The molecule has 5 heteroatoms. The molecule has 1 aromatic heterocycles.